The summed E-state index contributed by atoms with van der Waals surface area (Å²) in [6.45, 7) is 6.12. The lowest BCUT2D eigenvalue weighted by Gasteiger charge is -2.26. The Bertz CT molecular complexity index is 723. The largest absolute Gasteiger partial charge is 0.351 e. The third-order valence-electron chi connectivity index (χ3n) is 7.23. The molecule has 41 heavy (non-hydrogen) atoms. The minimum atomic E-state index is -0.742. The van der Waals surface area contributed by atoms with E-state index in [4.69, 9.17) is 0 Å². The molecule has 4 unspecified atom stereocenters. The summed E-state index contributed by atoms with van der Waals surface area (Å²) in [6.07, 6.45) is 9.56. The van der Waals surface area contributed by atoms with E-state index in [1.54, 1.807) is 7.05 Å². The molecule has 0 rings (SSSR count). The molecule has 0 aromatic carbocycles. The summed E-state index contributed by atoms with van der Waals surface area (Å²) in [5.74, 6) is -0.807. The van der Waals surface area contributed by atoms with Crippen molar-refractivity contribution in [3.8, 4) is 0 Å². The van der Waals surface area contributed by atoms with Crippen molar-refractivity contribution in [1.29, 1.82) is 0 Å². The van der Waals surface area contributed by atoms with Gasteiger partial charge in [0.2, 0.25) is 17.7 Å². The van der Waals surface area contributed by atoms with Crippen LogP contribution in [0.4, 0.5) is 0 Å². The van der Waals surface area contributed by atoms with Crippen LogP contribution in [0, 0.1) is 0 Å². The third kappa shape index (κ3) is 19.6. The Balaban J connectivity index is 5.63. The van der Waals surface area contributed by atoms with Crippen molar-refractivity contribution in [2.75, 3.05) is 47.8 Å². The molecule has 0 fully saturated rings. The van der Waals surface area contributed by atoms with Crippen LogP contribution in [0.5, 0.6) is 0 Å². The number of likely N-dealkylation sites (N-methyl/N-ethyl adjacent to an activating group) is 1. The van der Waals surface area contributed by atoms with E-state index in [1.807, 2.05) is 21.1 Å². The number of amides is 3. The lowest BCUT2D eigenvalue weighted by atomic mass is 10.0. The second kappa shape index (κ2) is 25.6. The standard InChI is InChI=1S/C30H61N7O4/c1-7-8-15-24(22-23(2)38)35-29(40)26(17-10-13-20-32-4)37-30(41)27(18-11-14-21-33-5)36-28(39)25(34-6)16-9-12-19-31-3/h24-27,31-34H,7-22H2,1-6H3,(H,35,40)(H,36,39)(H,37,41). The topological polar surface area (TPSA) is 152 Å². The monoisotopic (exact) mass is 583 g/mol. The number of rotatable bonds is 27. The summed E-state index contributed by atoms with van der Waals surface area (Å²) in [5, 5.41) is 21.4. The average molecular weight is 584 g/mol. The van der Waals surface area contributed by atoms with E-state index in [-0.39, 0.29) is 36.0 Å². The van der Waals surface area contributed by atoms with Crippen LogP contribution in [0.1, 0.15) is 97.3 Å². The number of ketones is 1. The van der Waals surface area contributed by atoms with E-state index < -0.39 is 18.1 Å². The first-order valence-corrected chi connectivity index (χ1v) is 15.7. The fraction of sp³-hybridized carbons (Fsp3) is 0.867. The van der Waals surface area contributed by atoms with Crippen molar-refractivity contribution < 1.29 is 19.2 Å². The van der Waals surface area contributed by atoms with Gasteiger partial charge in [-0.3, -0.25) is 19.2 Å². The summed E-state index contributed by atoms with van der Waals surface area (Å²) in [6, 6.07) is -2.14. The number of hydrogen-bond donors (Lipinski definition) is 7. The molecular weight excluding hydrogens is 522 g/mol. The maximum Gasteiger partial charge on any atom is 0.243 e. The fourth-order valence-electron chi connectivity index (χ4n) is 4.76. The summed E-state index contributed by atoms with van der Waals surface area (Å²) in [5.41, 5.74) is 0. The van der Waals surface area contributed by atoms with Gasteiger partial charge in [-0.1, -0.05) is 26.2 Å². The van der Waals surface area contributed by atoms with Crippen molar-refractivity contribution in [2.24, 2.45) is 0 Å². The first-order chi connectivity index (χ1) is 19.7. The molecule has 7 N–H and O–H groups in total. The van der Waals surface area contributed by atoms with E-state index in [0.29, 0.717) is 25.7 Å². The fourth-order valence-corrected chi connectivity index (χ4v) is 4.76. The Labute approximate surface area is 249 Å². The molecule has 0 spiro atoms. The van der Waals surface area contributed by atoms with Gasteiger partial charge >= 0.3 is 0 Å². The normalized spacial score (nSPS) is 14.1. The van der Waals surface area contributed by atoms with Crippen LogP contribution in [-0.2, 0) is 19.2 Å². The van der Waals surface area contributed by atoms with Crippen LogP contribution < -0.4 is 37.2 Å². The van der Waals surface area contributed by atoms with Crippen LogP contribution in [0.25, 0.3) is 0 Å². The zero-order valence-electron chi connectivity index (χ0n) is 26.8. The number of carbonyl (C=O) groups excluding carboxylic acids is 4. The zero-order valence-corrected chi connectivity index (χ0v) is 26.8. The van der Waals surface area contributed by atoms with Gasteiger partial charge in [0, 0.05) is 12.5 Å². The Morgan fingerprint density at radius 3 is 1.34 bits per heavy atom. The highest BCUT2D eigenvalue weighted by atomic mass is 16.2. The van der Waals surface area contributed by atoms with Gasteiger partial charge in [-0.2, -0.15) is 0 Å². The van der Waals surface area contributed by atoms with Crippen molar-refractivity contribution >= 4 is 23.5 Å². The lowest BCUT2D eigenvalue weighted by molar-refractivity contribution is -0.133. The van der Waals surface area contributed by atoms with E-state index in [0.717, 1.165) is 71.0 Å². The molecule has 240 valence electrons. The molecule has 0 aromatic rings. The quantitative estimate of drug-likeness (QED) is 0.0716. The van der Waals surface area contributed by atoms with Crippen molar-refractivity contribution in [3.05, 3.63) is 0 Å². The van der Waals surface area contributed by atoms with Crippen LogP contribution in [0.15, 0.2) is 0 Å². The molecule has 0 aliphatic rings. The molecule has 11 nitrogen and oxygen atoms in total. The van der Waals surface area contributed by atoms with Gasteiger partial charge in [0.05, 0.1) is 6.04 Å². The van der Waals surface area contributed by atoms with Gasteiger partial charge in [0.1, 0.15) is 17.9 Å². The molecule has 11 heteroatoms. The molecule has 0 heterocycles. The maximum absolute atomic E-state index is 13.6. The van der Waals surface area contributed by atoms with Gasteiger partial charge < -0.3 is 37.2 Å². The Morgan fingerprint density at radius 2 is 0.951 bits per heavy atom. The number of nitrogens with one attached hydrogen (secondary N) is 7. The van der Waals surface area contributed by atoms with Gasteiger partial charge in [-0.25, -0.2) is 0 Å². The molecule has 3 amide bonds. The molecule has 0 aliphatic heterocycles. The van der Waals surface area contributed by atoms with Crippen LogP contribution in [-0.4, -0.2) is 95.5 Å². The molecule has 0 saturated heterocycles. The molecule has 0 bridgehead atoms. The molecule has 0 aliphatic carbocycles. The predicted molar refractivity (Wildman–Crippen MR) is 167 cm³/mol. The zero-order chi connectivity index (χ0) is 30.9. The van der Waals surface area contributed by atoms with Crippen molar-refractivity contribution in [3.63, 3.8) is 0 Å². The van der Waals surface area contributed by atoms with Crippen molar-refractivity contribution in [2.45, 2.75) is 121 Å². The summed E-state index contributed by atoms with van der Waals surface area (Å²) in [7, 11) is 7.43. The van der Waals surface area contributed by atoms with Gasteiger partial charge in [0.25, 0.3) is 0 Å². The number of hydrogen-bond acceptors (Lipinski definition) is 8. The Kier molecular flexibility index (Phi) is 24.3. The van der Waals surface area contributed by atoms with Gasteiger partial charge in [0.15, 0.2) is 0 Å². The SMILES string of the molecule is CCCCC(CC(C)=O)NC(=O)C(CCCCNC)NC(=O)C(CCCCNC)NC(=O)C(CCCCNC)NC. The second-order valence-corrected chi connectivity index (χ2v) is 11.0. The Morgan fingerprint density at radius 1 is 0.537 bits per heavy atom. The van der Waals surface area contributed by atoms with Gasteiger partial charge in [-0.05, 0) is 113 Å². The first kappa shape index (κ1) is 38.9. The number of Topliss-reactive ketones (excluding diaryl/α,β-unsaturated/α-hetero) is 1. The molecule has 0 aromatic heterocycles. The molecule has 4 atom stereocenters. The first-order valence-electron chi connectivity index (χ1n) is 15.7. The highest BCUT2D eigenvalue weighted by Crippen LogP contribution is 2.10. The summed E-state index contributed by atoms with van der Waals surface area (Å²) >= 11 is 0. The van der Waals surface area contributed by atoms with Crippen LogP contribution in [0.2, 0.25) is 0 Å². The number of carbonyl (C=O) groups is 4. The lowest BCUT2D eigenvalue weighted by Crippen LogP contribution is -2.56. The second-order valence-electron chi connectivity index (χ2n) is 11.0. The summed E-state index contributed by atoms with van der Waals surface area (Å²) in [4.78, 5) is 52.0. The van der Waals surface area contributed by atoms with E-state index in [1.165, 1.54) is 6.92 Å². The highest BCUT2D eigenvalue weighted by molar-refractivity contribution is 5.93. The van der Waals surface area contributed by atoms with E-state index in [2.05, 4.69) is 44.1 Å². The minimum Gasteiger partial charge on any atom is -0.351 e. The maximum atomic E-state index is 13.6. The van der Waals surface area contributed by atoms with E-state index in [9.17, 15) is 19.2 Å². The third-order valence-corrected chi connectivity index (χ3v) is 7.23. The van der Waals surface area contributed by atoms with E-state index >= 15 is 0 Å². The minimum absolute atomic E-state index is 0.0235. The van der Waals surface area contributed by atoms with Gasteiger partial charge in [-0.15, -0.1) is 0 Å². The predicted octanol–water partition coefficient (Wildman–Crippen LogP) is 1.37. The summed E-state index contributed by atoms with van der Waals surface area (Å²) < 4.78 is 0. The highest BCUT2D eigenvalue weighted by Gasteiger charge is 2.29. The smallest absolute Gasteiger partial charge is 0.243 e. The van der Waals surface area contributed by atoms with Crippen LogP contribution >= 0.6 is 0 Å². The molecule has 0 saturated carbocycles. The number of unbranched alkanes of at least 4 members (excludes halogenated alkanes) is 4. The van der Waals surface area contributed by atoms with Crippen molar-refractivity contribution in [1.82, 2.24) is 37.2 Å². The average Bonchev–Trinajstić information content (AvgIpc) is 2.94. The Hall–Kier alpha value is -2.08. The molecular formula is C30H61N7O4. The molecule has 0 radical (unpaired) electrons. The van der Waals surface area contributed by atoms with Crippen LogP contribution in [0.3, 0.4) is 0 Å².